The Bertz CT molecular complexity index is 1100. The summed E-state index contributed by atoms with van der Waals surface area (Å²) in [5, 5.41) is 3.27. The largest absolute Gasteiger partial charge is 0.361 e. The highest BCUT2D eigenvalue weighted by atomic mass is 32.2. The van der Waals surface area contributed by atoms with Gasteiger partial charge >= 0.3 is 0 Å². The molecule has 0 radical (unpaired) electrons. The first-order valence-electron chi connectivity index (χ1n) is 8.26. The van der Waals surface area contributed by atoms with Gasteiger partial charge in [-0.3, -0.25) is 4.79 Å². The summed E-state index contributed by atoms with van der Waals surface area (Å²) >= 11 is 1.13. The molecule has 3 heterocycles. The Balaban J connectivity index is 1.77. The summed E-state index contributed by atoms with van der Waals surface area (Å²) < 4.78 is 33.9. The second kappa shape index (κ2) is 5.22. The van der Waals surface area contributed by atoms with E-state index in [1.54, 1.807) is 0 Å². The predicted octanol–water partition coefficient (Wildman–Crippen LogP) is 2.42. The molecule has 2 aromatic rings. The third-order valence-electron chi connectivity index (χ3n) is 5.17. The van der Waals surface area contributed by atoms with Crippen molar-refractivity contribution in [1.82, 2.24) is 14.1 Å². The lowest BCUT2D eigenvalue weighted by molar-refractivity contribution is -0.116. The third-order valence-corrected chi connectivity index (χ3v) is 7.62. The van der Waals surface area contributed by atoms with Crippen molar-refractivity contribution in [3.63, 3.8) is 0 Å². The average molecular weight is 373 g/mol. The summed E-state index contributed by atoms with van der Waals surface area (Å²) in [4.78, 5) is 13.1. The van der Waals surface area contributed by atoms with Crippen LogP contribution in [0.15, 0.2) is 40.1 Å². The Labute approximate surface area is 148 Å². The van der Waals surface area contributed by atoms with Gasteiger partial charge < -0.3 is 5.32 Å². The van der Waals surface area contributed by atoms with Gasteiger partial charge in [0.2, 0.25) is 0 Å². The second-order valence-electron chi connectivity index (χ2n) is 6.65. The third kappa shape index (κ3) is 2.20. The molecule has 2 aliphatic heterocycles. The molecule has 8 heteroatoms. The van der Waals surface area contributed by atoms with E-state index in [9.17, 15) is 13.2 Å². The molecule has 6 nitrogen and oxygen atoms in total. The number of hydrogen-bond acceptors (Lipinski definition) is 7. The van der Waals surface area contributed by atoms with E-state index in [4.69, 9.17) is 0 Å². The average Bonchev–Trinajstić information content (AvgIpc) is 3.17. The number of sulfone groups is 1. The molecule has 5 rings (SSSR count). The van der Waals surface area contributed by atoms with Gasteiger partial charge in [0, 0.05) is 29.8 Å². The Morgan fingerprint density at radius 3 is 2.80 bits per heavy atom. The number of allylic oxidation sites excluding steroid dienone is 4. The van der Waals surface area contributed by atoms with E-state index < -0.39 is 15.8 Å². The van der Waals surface area contributed by atoms with Crippen LogP contribution in [0.4, 0.5) is 0 Å². The van der Waals surface area contributed by atoms with Gasteiger partial charge in [-0.15, -0.1) is 0 Å². The molecule has 0 amide bonds. The minimum absolute atomic E-state index is 0.0453. The summed E-state index contributed by atoms with van der Waals surface area (Å²) in [7, 11) is -3.36. The highest BCUT2D eigenvalue weighted by Crippen LogP contribution is 2.47. The fourth-order valence-corrected chi connectivity index (χ4v) is 6.43. The molecule has 1 aliphatic carbocycles. The summed E-state index contributed by atoms with van der Waals surface area (Å²) in [5.74, 6) is -0.363. The SMILES string of the molecule is O=C1CCCC2=C1C(c1ccc3nsnc3c1)C1=C(CCS1(=O)=O)N2. The number of aromatic nitrogens is 2. The first kappa shape index (κ1) is 15.2. The zero-order chi connectivity index (χ0) is 17.2. The van der Waals surface area contributed by atoms with Crippen molar-refractivity contribution in [2.75, 3.05) is 5.75 Å². The lowest BCUT2D eigenvalue weighted by atomic mass is 9.79. The highest BCUT2D eigenvalue weighted by molar-refractivity contribution is 7.95. The number of nitrogens with zero attached hydrogens (tertiary/aromatic N) is 2. The van der Waals surface area contributed by atoms with Crippen LogP contribution in [0.1, 0.15) is 37.2 Å². The molecule has 0 saturated carbocycles. The number of dihydropyridines is 1. The van der Waals surface area contributed by atoms with Crippen LogP contribution >= 0.6 is 11.7 Å². The Kier molecular flexibility index (Phi) is 3.18. The van der Waals surface area contributed by atoms with Crippen molar-refractivity contribution in [2.45, 2.75) is 31.6 Å². The van der Waals surface area contributed by atoms with Crippen LogP contribution in [0, 0.1) is 0 Å². The van der Waals surface area contributed by atoms with Crippen LogP contribution < -0.4 is 5.32 Å². The van der Waals surface area contributed by atoms with Gasteiger partial charge in [-0.25, -0.2) is 8.42 Å². The highest BCUT2D eigenvalue weighted by Gasteiger charge is 2.44. The molecule has 3 aliphatic rings. The zero-order valence-electron chi connectivity index (χ0n) is 13.3. The fraction of sp³-hybridized carbons (Fsp3) is 0.353. The quantitative estimate of drug-likeness (QED) is 0.826. The number of fused-ring (bicyclic) bond motifs is 1. The van der Waals surface area contributed by atoms with Crippen LogP contribution in [-0.4, -0.2) is 28.7 Å². The summed E-state index contributed by atoms with van der Waals surface area (Å²) in [6.07, 6.45) is 2.55. The first-order valence-corrected chi connectivity index (χ1v) is 10.6. The topological polar surface area (TPSA) is 89.0 Å². The van der Waals surface area contributed by atoms with Crippen molar-refractivity contribution in [3.05, 3.63) is 45.6 Å². The molecule has 0 saturated heterocycles. The Morgan fingerprint density at radius 2 is 1.92 bits per heavy atom. The Hall–Kier alpha value is -2.06. The van der Waals surface area contributed by atoms with Crippen LogP contribution in [0.2, 0.25) is 0 Å². The standard InChI is InChI=1S/C17H15N3O3S2/c21-14-3-1-2-11-16(14)15(17-12(18-11)6-7-25(17,22)23)9-4-5-10-13(8-9)20-24-19-10/h4-5,8,15,18H,1-3,6-7H2. The van der Waals surface area contributed by atoms with Crippen molar-refractivity contribution >= 4 is 38.4 Å². The first-order chi connectivity index (χ1) is 12.0. The van der Waals surface area contributed by atoms with E-state index in [1.807, 2.05) is 18.2 Å². The van der Waals surface area contributed by atoms with E-state index in [1.165, 1.54) is 0 Å². The van der Waals surface area contributed by atoms with Gasteiger partial charge in [0.25, 0.3) is 0 Å². The monoisotopic (exact) mass is 373 g/mol. The van der Waals surface area contributed by atoms with Gasteiger partial charge in [0.05, 0.1) is 28.3 Å². The summed E-state index contributed by atoms with van der Waals surface area (Å²) in [6.45, 7) is 0. The van der Waals surface area contributed by atoms with Gasteiger partial charge in [-0.2, -0.15) is 8.75 Å². The van der Waals surface area contributed by atoms with Crippen molar-refractivity contribution in [3.8, 4) is 0 Å². The maximum atomic E-state index is 12.7. The number of Topliss-reactive ketones (excluding diaryl/α,β-unsaturated/α-hetero) is 1. The van der Waals surface area contributed by atoms with E-state index in [0.717, 1.165) is 52.6 Å². The van der Waals surface area contributed by atoms with Crippen molar-refractivity contribution < 1.29 is 13.2 Å². The molecule has 25 heavy (non-hydrogen) atoms. The number of ketones is 1. The van der Waals surface area contributed by atoms with Crippen molar-refractivity contribution in [2.24, 2.45) is 0 Å². The van der Waals surface area contributed by atoms with E-state index >= 15 is 0 Å². The summed E-state index contributed by atoms with van der Waals surface area (Å²) in [6, 6.07) is 5.61. The van der Waals surface area contributed by atoms with E-state index in [0.29, 0.717) is 23.3 Å². The molecule has 0 spiro atoms. The molecule has 1 atom stereocenters. The molecule has 1 N–H and O–H groups in total. The molecular formula is C17H15N3O3S2. The molecule has 1 aromatic carbocycles. The Morgan fingerprint density at radius 1 is 1.08 bits per heavy atom. The van der Waals surface area contributed by atoms with Crippen LogP contribution in [-0.2, 0) is 14.6 Å². The second-order valence-corrected chi connectivity index (χ2v) is 9.26. The smallest absolute Gasteiger partial charge is 0.177 e. The number of carbonyl (C=O) groups is 1. The van der Waals surface area contributed by atoms with Crippen molar-refractivity contribution in [1.29, 1.82) is 0 Å². The number of nitrogens with one attached hydrogen (secondary N) is 1. The van der Waals surface area contributed by atoms with Gasteiger partial charge in [0.1, 0.15) is 11.0 Å². The molecule has 128 valence electrons. The van der Waals surface area contributed by atoms with Crippen LogP contribution in [0.25, 0.3) is 11.0 Å². The lowest BCUT2D eigenvalue weighted by Crippen LogP contribution is -2.32. The number of carbonyl (C=O) groups excluding carboxylic acids is 1. The van der Waals surface area contributed by atoms with Gasteiger partial charge in [-0.1, -0.05) is 6.07 Å². The molecular weight excluding hydrogens is 358 g/mol. The normalized spacial score (nSPS) is 25.1. The van der Waals surface area contributed by atoms with E-state index in [2.05, 4.69) is 14.1 Å². The minimum atomic E-state index is -3.36. The van der Waals surface area contributed by atoms with E-state index in [-0.39, 0.29) is 11.5 Å². The summed E-state index contributed by atoms with van der Waals surface area (Å²) in [5.41, 5.74) is 4.61. The molecule has 0 bridgehead atoms. The molecule has 1 unspecified atom stereocenters. The minimum Gasteiger partial charge on any atom is -0.361 e. The lowest BCUT2D eigenvalue weighted by Gasteiger charge is -2.33. The molecule has 1 aromatic heterocycles. The fourth-order valence-electron chi connectivity index (χ4n) is 4.07. The van der Waals surface area contributed by atoms with Crippen LogP contribution in [0.5, 0.6) is 0 Å². The number of rotatable bonds is 1. The maximum Gasteiger partial charge on any atom is 0.177 e. The maximum absolute atomic E-state index is 12.7. The van der Waals surface area contributed by atoms with Crippen LogP contribution in [0.3, 0.4) is 0 Å². The predicted molar refractivity (Wildman–Crippen MR) is 94.6 cm³/mol. The molecule has 0 fully saturated rings. The number of hydrogen-bond donors (Lipinski definition) is 1. The van der Waals surface area contributed by atoms with Gasteiger partial charge in [-0.05, 0) is 30.5 Å². The van der Waals surface area contributed by atoms with Gasteiger partial charge in [0.15, 0.2) is 15.6 Å². The zero-order valence-corrected chi connectivity index (χ0v) is 14.9. The number of benzene rings is 1.